The summed E-state index contributed by atoms with van der Waals surface area (Å²) in [5.74, 6) is -0.280. The highest BCUT2D eigenvalue weighted by Gasteiger charge is 2.14. The van der Waals surface area contributed by atoms with Gasteiger partial charge in [0.25, 0.3) is 0 Å². The van der Waals surface area contributed by atoms with Crippen molar-refractivity contribution in [1.29, 1.82) is 0 Å². The number of carbonyl (C=O) groups is 2. The molecule has 2 rings (SSSR count). The van der Waals surface area contributed by atoms with Gasteiger partial charge in [-0.3, -0.25) is 14.5 Å². The summed E-state index contributed by atoms with van der Waals surface area (Å²) in [5, 5.41) is 5.58. The van der Waals surface area contributed by atoms with Crippen molar-refractivity contribution in [1.82, 2.24) is 10.2 Å². The minimum Gasteiger partial charge on any atom is -0.348 e. The molecular formula is C23H30FN3O2. The fourth-order valence-corrected chi connectivity index (χ4v) is 3.10. The maximum absolute atomic E-state index is 13.2. The lowest BCUT2D eigenvalue weighted by molar-refractivity contribution is -0.123. The summed E-state index contributed by atoms with van der Waals surface area (Å²) in [6.07, 6.45) is 1.03. The molecule has 156 valence electrons. The molecule has 2 amide bonds. The molecule has 0 fully saturated rings. The maximum atomic E-state index is 13.2. The lowest BCUT2D eigenvalue weighted by Crippen LogP contribution is -2.39. The number of anilines is 1. The number of amides is 2. The summed E-state index contributed by atoms with van der Waals surface area (Å²) >= 11 is 0. The van der Waals surface area contributed by atoms with Crippen molar-refractivity contribution in [2.75, 3.05) is 25.5 Å². The van der Waals surface area contributed by atoms with Crippen LogP contribution in [0.5, 0.6) is 0 Å². The molecule has 0 aliphatic heterocycles. The lowest BCUT2D eigenvalue weighted by Gasteiger charge is -2.19. The highest BCUT2D eigenvalue weighted by molar-refractivity contribution is 5.92. The van der Waals surface area contributed by atoms with Crippen LogP contribution in [0.25, 0.3) is 0 Å². The zero-order valence-electron chi connectivity index (χ0n) is 17.5. The zero-order valence-corrected chi connectivity index (χ0v) is 17.5. The Morgan fingerprint density at radius 2 is 1.66 bits per heavy atom. The fraction of sp³-hybridized carbons (Fsp3) is 0.391. The Bertz CT molecular complexity index is 821. The molecule has 2 N–H and O–H groups in total. The first-order valence-corrected chi connectivity index (χ1v) is 9.85. The van der Waals surface area contributed by atoms with Crippen LogP contribution in [0.4, 0.5) is 10.1 Å². The molecule has 0 aliphatic carbocycles. The predicted octanol–water partition coefficient (Wildman–Crippen LogP) is 3.77. The Morgan fingerprint density at radius 1 is 1.00 bits per heavy atom. The number of nitrogens with zero attached hydrogens (tertiary/aromatic N) is 1. The molecule has 29 heavy (non-hydrogen) atoms. The number of halogens is 1. The Kier molecular flexibility index (Phi) is 8.34. The molecule has 0 spiro atoms. The van der Waals surface area contributed by atoms with Crippen molar-refractivity contribution in [3.8, 4) is 0 Å². The number of hydrogen-bond donors (Lipinski definition) is 2. The van der Waals surface area contributed by atoms with Gasteiger partial charge in [0.05, 0.1) is 19.1 Å². The van der Waals surface area contributed by atoms with Crippen LogP contribution in [0.2, 0.25) is 0 Å². The smallest absolute Gasteiger partial charge is 0.238 e. The van der Waals surface area contributed by atoms with Crippen molar-refractivity contribution < 1.29 is 14.0 Å². The Morgan fingerprint density at radius 3 is 2.28 bits per heavy atom. The van der Waals surface area contributed by atoms with Gasteiger partial charge in [0.1, 0.15) is 5.82 Å². The van der Waals surface area contributed by atoms with Gasteiger partial charge in [-0.1, -0.05) is 44.2 Å². The van der Waals surface area contributed by atoms with E-state index in [2.05, 4.69) is 36.6 Å². The number of carbonyl (C=O) groups excluding carboxylic acids is 2. The van der Waals surface area contributed by atoms with Crippen molar-refractivity contribution in [2.45, 2.75) is 33.2 Å². The van der Waals surface area contributed by atoms with Gasteiger partial charge in [-0.05, 0) is 55.6 Å². The zero-order chi connectivity index (χ0) is 21.4. The number of nitrogens with one attached hydrogen (secondary N) is 2. The van der Waals surface area contributed by atoms with Gasteiger partial charge in [0, 0.05) is 5.69 Å². The normalized spacial score (nSPS) is 12.1. The SMILES string of the molecule is CC(C)Cc1ccc([C@@H](C)NC(=O)CN(C)CC(=O)Nc2cccc(F)c2)cc1. The summed E-state index contributed by atoms with van der Waals surface area (Å²) < 4.78 is 13.2. The van der Waals surface area contributed by atoms with Gasteiger partial charge in [0.2, 0.25) is 11.8 Å². The van der Waals surface area contributed by atoms with Crippen LogP contribution in [-0.4, -0.2) is 36.9 Å². The van der Waals surface area contributed by atoms with Gasteiger partial charge >= 0.3 is 0 Å². The molecule has 0 saturated heterocycles. The van der Waals surface area contributed by atoms with E-state index in [1.54, 1.807) is 18.0 Å². The molecule has 0 unspecified atom stereocenters. The van der Waals surface area contributed by atoms with Gasteiger partial charge in [-0.2, -0.15) is 0 Å². The molecule has 6 heteroatoms. The van der Waals surface area contributed by atoms with Crippen LogP contribution in [0.1, 0.15) is 37.9 Å². The third kappa shape index (κ3) is 8.03. The summed E-state index contributed by atoms with van der Waals surface area (Å²) in [6.45, 7) is 6.43. The predicted molar refractivity (Wildman–Crippen MR) is 114 cm³/mol. The third-order valence-corrected chi connectivity index (χ3v) is 4.44. The summed E-state index contributed by atoms with van der Waals surface area (Å²) in [7, 11) is 1.69. The van der Waals surface area contributed by atoms with Gasteiger partial charge in [0.15, 0.2) is 0 Å². The Labute approximate surface area is 172 Å². The number of benzene rings is 2. The number of likely N-dealkylation sites (N-methyl/N-ethyl adjacent to an activating group) is 1. The number of rotatable bonds is 9. The average molecular weight is 400 g/mol. The molecule has 0 bridgehead atoms. The second kappa shape index (κ2) is 10.7. The standard InChI is InChI=1S/C23H30FN3O2/c1-16(2)12-18-8-10-19(11-9-18)17(3)25-22(28)14-27(4)15-23(29)26-21-7-5-6-20(24)13-21/h5-11,13,16-17H,12,14-15H2,1-4H3,(H,25,28)(H,26,29)/t17-/m1/s1. The van der Waals surface area contributed by atoms with E-state index in [0.29, 0.717) is 11.6 Å². The summed E-state index contributed by atoms with van der Waals surface area (Å²) in [6, 6.07) is 13.9. The van der Waals surface area contributed by atoms with E-state index in [0.717, 1.165) is 12.0 Å². The topological polar surface area (TPSA) is 61.4 Å². The van der Waals surface area contributed by atoms with Crippen molar-refractivity contribution in [3.05, 3.63) is 65.5 Å². The maximum Gasteiger partial charge on any atom is 0.238 e. The molecule has 5 nitrogen and oxygen atoms in total. The van der Waals surface area contributed by atoms with Crippen molar-refractivity contribution in [2.24, 2.45) is 5.92 Å². The van der Waals surface area contributed by atoms with Gasteiger partial charge < -0.3 is 10.6 Å². The van der Waals surface area contributed by atoms with E-state index in [-0.39, 0.29) is 30.9 Å². The molecule has 1 atom stereocenters. The first-order chi connectivity index (χ1) is 13.7. The molecule has 2 aromatic rings. The fourth-order valence-electron chi connectivity index (χ4n) is 3.10. The second-order valence-electron chi connectivity index (χ2n) is 7.86. The van der Waals surface area contributed by atoms with Crippen molar-refractivity contribution >= 4 is 17.5 Å². The minimum absolute atomic E-state index is 0.0300. The molecule has 0 aromatic heterocycles. The molecular weight excluding hydrogens is 369 g/mol. The van der Waals surface area contributed by atoms with Gasteiger partial charge in [-0.25, -0.2) is 4.39 Å². The molecule has 2 aromatic carbocycles. The van der Waals surface area contributed by atoms with E-state index in [9.17, 15) is 14.0 Å². The Hall–Kier alpha value is -2.73. The lowest BCUT2D eigenvalue weighted by atomic mass is 10.00. The monoisotopic (exact) mass is 399 g/mol. The molecule has 0 saturated carbocycles. The minimum atomic E-state index is -0.415. The highest BCUT2D eigenvalue weighted by Crippen LogP contribution is 2.15. The molecule has 0 aliphatic rings. The number of hydrogen-bond acceptors (Lipinski definition) is 3. The second-order valence-corrected chi connectivity index (χ2v) is 7.86. The molecule has 0 heterocycles. The van der Waals surface area contributed by atoms with E-state index in [4.69, 9.17) is 0 Å². The Balaban J connectivity index is 1.79. The summed E-state index contributed by atoms with van der Waals surface area (Å²) in [5.41, 5.74) is 2.71. The van der Waals surface area contributed by atoms with Crippen LogP contribution < -0.4 is 10.6 Å². The van der Waals surface area contributed by atoms with Crippen molar-refractivity contribution in [3.63, 3.8) is 0 Å². The average Bonchev–Trinajstić information content (AvgIpc) is 2.61. The van der Waals surface area contributed by atoms with E-state index < -0.39 is 5.82 Å². The van der Waals surface area contributed by atoms with Crippen LogP contribution in [-0.2, 0) is 16.0 Å². The summed E-state index contributed by atoms with van der Waals surface area (Å²) in [4.78, 5) is 26.0. The van der Waals surface area contributed by atoms with Crippen LogP contribution in [0.15, 0.2) is 48.5 Å². The third-order valence-electron chi connectivity index (χ3n) is 4.44. The van der Waals surface area contributed by atoms with Crippen LogP contribution in [0, 0.1) is 11.7 Å². The van der Waals surface area contributed by atoms with Crippen LogP contribution in [0.3, 0.4) is 0 Å². The first kappa shape index (κ1) is 22.6. The van der Waals surface area contributed by atoms with E-state index in [1.165, 1.54) is 23.8 Å². The highest BCUT2D eigenvalue weighted by atomic mass is 19.1. The quantitative estimate of drug-likeness (QED) is 0.675. The van der Waals surface area contributed by atoms with E-state index in [1.807, 2.05) is 19.1 Å². The van der Waals surface area contributed by atoms with Gasteiger partial charge in [-0.15, -0.1) is 0 Å². The first-order valence-electron chi connectivity index (χ1n) is 9.85. The van der Waals surface area contributed by atoms with Crippen LogP contribution >= 0.6 is 0 Å². The largest absolute Gasteiger partial charge is 0.348 e. The van der Waals surface area contributed by atoms with E-state index >= 15 is 0 Å². The molecule has 0 radical (unpaired) electrons.